The van der Waals surface area contributed by atoms with Crippen molar-refractivity contribution < 1.29 is 14.6 Å². The zero-order valence-electron chi connectivity index (χ0n) is 12.9. The standard InChI is InChI=1S/C17H27NO3/c1-20-10-11-21-17-8-4-14(5-9-17)12-18-16-6-2-15(13-19)3-7-16/h4-5,8-9,15-16,18-19H,2-3,6-7,10-13H2,1H3. The van der Waals surface area contributed by atoms with E-state index >= 15 is 0 Å². The number of methoxy groups -OCH3 is 1. The molecule has 0 aromatic heterocycles. The van der Waals surface area contributed by atoms with Gasteiger partial charge in [0, 0.05) is 26.3 Å². The quantitative estimate of drug-likeness (QED) is 0.722. The molecule has 0 aliphatic heterocycles. The van der Waals surface area contributed by atoms with Crippen molar-refractivity contribution in [1.29, 1.82) is 0 Å². The van der Waals surface area contributed by atoms with E-state index < -0.39 is 0 Å². The highest BCUT2D eigenvalue weighted by atomic mass is 16.5. The van der Waals surface area contributed by atoms with Gasteiger partial charge in [0.1, 0.15) is 12.4 Å². The summed E-state index contributed by atoms with van der Waals surface area (Å²) in [5.74, 6) is 1.41. The van der Waals surface area contributed by atoms with Gasteiger partial charge in [0.25, 0.3) is 0 Å². The van der Waals surface area contributed by atoms with Crippen molar-refractivity contribution >= 4 is 0 Å². The van der Waals surface area contributed by atoms with Crippen molar-refractivity contribution in [2.75, 3.05) is 26.9 Å². The van der Waals surface area contributed by atoms with Crippen molar-refractivity contribution in [3.05, 3.63) is 29.8 Å². The first-order valence-electron chi connectivity index (χ1n) is 7.86. The molecule has 0 amide bonds. The summed E-state index contributed by atoms with van der Waals surface area (Å²) in [6.07, 6.45) is 4.62. The van der Waals surface area contributed by atoms with Gasteiger partial charge in [-0.05, 0) is 49.3 Å². The van der Waals surface area contributed by atoms with Gasteiger partial charge in [-0.3, -0.25) is 0 Å². The number of nitrogens with one attached hydrogen (secondary N) is 1. The molecule has 4 nitrogen and oxygen atoms in total. The monoisotopic (exact) mass is 293 g/mol. The summed E-state index contributed by atoms with van der Waals surface area (Å²) < 4.78 is 10.5. The van der Waals surface area contributed by atoms with Crippen LogP contribution in [0, 0.1) is 5.92 Å². The second kappa shape index (κ2) is 9.03. The van der Waals surface area contributed by atoms with E-state index in [2.05, 4.69) is 17.4 Å². The largest absolute Gasteiger partial charge is 0.491 e. The number of hydrogen-bond donors (Lipinski definition) is 2. The van der Waals surface area contributed by atoms with Gasteiger partial charge in [-0.2, -0.15) is 0 Å². The molecule has 4 heteroatoms. The van der Waals surface area contributed by atoms with Crippen LogP contribution in [0.3, 0.4) is 0 Å². The molecule has 1 aromatic rings. The second-order valence-electron chi connectivity index (χ2n) is 5.77. The highest BCUT2D eigenvalue weighted by Gasteiger charge is 2.19. The number of hydrogen-bond acceptors (Lipinski definition) is 4. The van der Waals surface area contributed by atoms with Crippen LogP contribution < -0.4 is 10.1 Å². The molecule has 1 aromatic carbocycles. The summed E-state index contributed by atoms with van der Waals surface area (Å²) in [5, 5.41) is 12.8. The molecule has 0 unspecified atom stereocenters. The minimum atomic E-state index is 0.344. The predicted octanol–water partition coefficient (Wildman–Crippen LogP) is 2.35. The highest BCUT2D eigenvalue weighted by Crippen LogP contribution is 2.24. The van der Waals surface area contributed by atoms with Gasteiger partial charge < -0.3 is 19.9 Å². The Kier molecular flexibility index (Phi) is 7.00. The van der Waals surface area contributed by atoms with E-state index in [4.69, 9.17) is 14.6 Å². The lowest BCUT2D eigenvalue weighted by molar-refractivity contribution is 0.146. The normalized spacial score (nSPS) is 22.2. The molecule has 0 spiro atoms. The molecule has 2 N–H and O–H groups in total. The molecular weight excluding hydrogens is 266 g/mol. The summed E-state index contributed by atoms with van der Waals surface area (Å²) in [6.45, 7) is 2.44. The molecule has 0 atom stereocenters. The molecule has 0 radical (unpaired) electrons. The van der Waals surface area contributed by atoms with Gasteiger partial charge in [0.15, 0.2) is 0 Å². The van der Waals surface area contributed by atoms with Gasteiger partial charge in [-0.25, -0.2) is 0 Å². The Labute approximate surface area is 127 Å². The average molecular weight is 293 g/mol. The SMILES string of the molecule is COCCOc1ccc(CNC2CCC(CO)CC2)cc1. The van der Waals surface area contributed by atoms with E-state index in [0.717, 1.165) is 25.1 Å². The molecular formula is C17H27NO3. The maximum Gasteiger partial charge on any atom is 0.119 e. The molecule has 1 aliphatic carbocycles. The number of aliphatic hydroxyl groups excluding tert-OH is 1. The lowest BCUT2D eigenvalue weighted by Gasteiger charge is -2.28. The van der Waals surface area contributed by atoms with E-state index in [9.17, 15) is 0 Å². The maximum atomic E-state index is 9.15. The molecule has 2 rings (SSSR count). The zero-order chi connectivity index (χ0) is 14.9. The van der Waals surface area contributed by atoms with E-state index in [0.29, 0.717) is 31.8 Å². The third-order valence-corrected chi connectivity index (χ3v) is 4.18. The first-order valence-corrected chi connectivity index (χ1v) is 7.86. The van der Waals surface area contributed by atoms with E-state index in [1.807, 2.05) is 12.1 Å². The Balaban J connectivity index is 1.69. The fourth-order valence-electron chi connectivity index (χ4n) is 2.76. The highest BCUT2D eigenvalue weighted by molar-refractivity contribution is 5.27. The summed E-state index contributed by atoms with van der Waals surface area (Å²) in [5.41, 5.74) is 1.28. The number of aliphatic hydroxyl groups is 1. The number of benzene rings is 1. The summed E-state index contributed by atoms with van der Waals surface area (Å²) >= 11 is 0. The van der Waals surface area contributed by atoms with Crippen LogP contribution >= 0.6 is 0 Å². The van der Waals surface area contributed by atoms with Crippen molar-refractivity contribution in [3.63, 3.8) is 0 Å². The number of rotatable bonds is 8. The lowest BCUT2D eigenvalue weighted by atomic mass is 9.86. The van der Waals surface area contributed by atoms with Crippen molar-refractivity contribution in [3.8, 4) is 5.75 Å². The van der Waals surface area contributed by atoms with Gasteiger partial charge in [-0.15, -0.1) is 0 Å². The topological polar surface area (TPSA) is 50.7 Å². The average Bonchev–Trinajstić information content (AvgIpc) is 2.55. The van der Waals surface area contributed by atoms with E-state index in [1.54, 1.807) is 7.11 Å². The summed E-state index contributed by atoms with van der Waals surface area (Å²) in [7, 11) is 1.67. The van der Waals surface area contributed by atoms with Crippen molar-refractivity contribution in [2.45, 2.75) is 38.3 Å². The molecule has 1 aliphatic rings. The Hall–Kier alpha value is -1.10. The van der Waals surface area contributed by atoms with Gasteiger partial charge in [0.05, 0.1) is 6.61 Å². The van der Waals surface area contributed by atoms with E-state index in [-0.39, 0.29) is 0 Å². The van der Waals surface area contributed by atoms with Crippen LogP contribution in [-0.2, 0) is 11.3 Å². The molecule has 0 heterocycles. The second-order valence-corrected chi connectivity index (χ2v) is 5.77. The fourth-order valence-corrected chi connectivity index (χ4v) is 2.76. The van der Waals surface area contributed by atoms with Crippen LogP contribution in [-0.4, -0.2) is 38.1 Å². The maximum absolute atomic E-state index is 9.15. The molecule has 1 saturated carbocycles. The third kappa shape index (κ3) is 5.65. The molecule has 21 heavy (non-hydrogen) atoms. The van der Waals surface area contributed by atoms with Crippen LogP contribution in [0.5, 0.6) is 5.75 Å². The minimum Gasteiger partial charge on any atom is -0.491 e. The summed E-state index contributed by atoms with van der Waals surface area (Å²) in [4.78, 5) is 0. The van der Waals surface area contributed by atoms with Crippen LogP contribution in [0.4, 0.5) is 0 Å². The van der Waals surface area contributed by atoms with Crippen LogP contribution in [0.1, 0.15) is 31.2 Å². The molecule has 118 valence electrons. The Morgan fingerprint density at radius 3 is 2.43 bits per heavy atom. The number of ether oxygens (including phenoxy) is 2. The lowest BCUT2D eigenvalue weighted by Crippen LogP contribution is -2.33. The molecule has 0 bridgehead atoms. The molecule has 0 saturated heterocycles. The fraction of sp³-hybridized carbons (Fsp3) is 0.647. The minimum absolute atomic E-state index is 0.344. The van der Waals surface area contributed by atoms with Crippen LogP contribution in [0.15, 0.2) is 24.3 Å². The van der Waals surface area contributed by atoms with Crippen molar-refractivity contribution in [2.24, 2.45) is 5.92 Å². The van der Waals surface area contributed by atoms with Gasteiger partial charge >= 0.3 is 0 Å². The predicted molar refractivity (Wildman–Crippen MR) is 83.5 cm³/mol. The summed E-state index contributed by atoms with van der Waals surface area (Å²) in [6, 6.07) is 8.82. The Morgan fingerprint density at radius 2 is 1.81 bits per heavy atom. The smallest absolute Gasteiger partial charge is 0.119 e. The van der Waals surface area contributed by atoms with Gasteiger partial charge in [-0.1, -0.05) is 12.1 Å². The van der Waals surface area contributed by atoms with Crippen LogP contribution in [0.2, 0.25) is 0 Å². The third-order valence-electron chi connectivity index (χ3n) is 4.18. The first kappa shape index (κ1) is 16.3. The van der Waals surface area contributed by atoms with Crippen LogP contribution in [0.25, 0.3) is 0 Å². The van der Waals surface area contributed by atoms with Crippen molar-refractivity contribution in [1.82, 2.24) is 5.32 Å². The Bertz CT molecular complexity index is 386. The zero-order valence-corrected chi connectivity index (χ0v) is 12.9. The Morgan fingerprint density at radius 1 is 1.10 bits per heavy atom. The van der Waals surface area contributed by atoms with Gasteiger partial charge in [0.2, 0.25) is 0 Å². The first-order chi connectivity index (χ1) is 10.3. The molecule has 1 fully saturated rings. The van der Waals surface area contributed by atoms with E-state index in [1.165, 1.54) is 18.4 Å².